The molecular weight excluding hydrogens is 203 g/mol. The molecule has 2 N–H and O–H groups in total. The zero-order valence-electron chi connectivity index (χ0n) is 8.66. The Balaban J connectivity index is 0.000000845. The summed E-state index contributed by atoms with van der Waals surface area (Å²) < 4.78 is 0. The van der Waals surface area contributed by atoms with Gasteiger partial charge in [-0.15, -0.1) is 0 Å². The maximum atomic E-state index is 10.8. The molecule has 1 amide bonds. The summed E-state index contributed by atoms with van der Waals surface area (Å²) in [6, 6.07) is 3.74. The minimum absolute atomic E-state index is 0. The van der Waals surface area contributed by atoms with Crippen molar-refractivity contribution in [2.75, 3.05) is 0 Å². The number of primary amides is 1. The second-order valence-electron chi connectivity index (χ2n) is 3.11. The van der Waals surface area contributed by atoms with Crippen LogP contribution in [0.5, 0.6) is 0 Å². The molecule has 0 radical (unpaired) electrons. The third-order valence-electron chi connectivity index (χ3n) is 2.09. The molecule has 70 valence electrons. The van der Waals surface area contributed by atoms with Crippen molar-refractivity contribution in [2.45, 2.75) is 18.8 Å². The van der Waals surface area contributed by atoms with E-state index in [0.717, 1.165) is 0 Å². The van der Waals surface area contributed by atoms with Gasteiger partial charge < -0.3 is 13.2 Å². The van der Waals surface area contributed by atoms with E-state index in [0.29, 0.717) is 11.6 Å². The molecule has 1 heterocycles. The minimum Gasteiger partial charge on any atom is -0.364 e. The van der Waals surface area contributed by atoms with Crippen molar-refractivity contribution >= 4 is 5.91 Å². The van der Waals surface area contributed by atoms with E-state index in [1.807, 2.05) is 6.07 Å². The van der Waals surface area contributed by atoms with Crippen molar-refractivity contribution in [1.82, 2.24) is 4.98 Å². The van der Waals surface area contributed by atoms with Gasteiger partial charge in [-0.05, 0) is 36.5 Å². The third-order valence-corrected chi connectivity index (χ3v) is 2.09. The van der Waals surface area contributed by atoms with Crippen molar-refractivity contribution in [3.8, 4) is 0 Å². The zero-order chi connectivity index (χ0) is 8.55. The fourth-order valence-electron chi connectivity index (χ4n) is 1.25. The van der Waals surface area contributed by atoms with E-state index in [4.69, 9.17) is 5.73 Å². The molecule has 3 nitrogen and oxygen atoms in total. The molecule has 1 aromatic heterocycles. The molecule has 4 heteroatoms. The first-order chi connectivity index (χ1) is 5.77. The largest absolute Gasteiger partial charge is 1.00 e. The van der Waals surface area contributed by atoms with Crippen LogP contribution >= 0.6 is 0 Å². The molecule has 0 spiro atoms. The number of carbonyl (C=O) groups is 1. The van der Waals surface area contributed by atoms with Crippen LogP contribution in [0.15, 0.2) is 18.3 Å². The first-order valence-corrected chi connectivity index (χ1v) is 4.03. The van der Waals surface area contributed by atoms with Crippen LogP contribution in [0.3, 0.4) is 0 Å². The van der Waals surface area contributed by atoms with Crippen LogP contribution in [0, 0.1) is 7.43 Å². The van der Waals surface area contributed by atoms with E-state index in [9.17, 15) is 4.79 Å². The summed E-state index contributed by atoms with van der Waals surface area (Å²) in [4.78, 5) is 14.6. The van der Waals surface area contributed by atoms with E-state index in [1.165, 1.54) is 18.4 Å². The molecule has 0 atom stereocenters. The Bertz CT molecular complexity index is 324. The quantitative estimate of drug-likeness (QED) is 0.484. The summed E-state index contributed by atoms with van der Waals surface area (Å²) in [5.74, 6) is 0.198. The van der Waals surface area contributed by atoms with Crippen LogP contribution in [-0.2, 0) is 0 Å². The number of nitrogens with zero attached hydrogens (tertiary/aromatic N) is 1. The second kappa shape index (κ2) is 5.97. The SMILES string of the molecule is NC(=O)c1cc(C2CC2)ccn1.[CH3-].[K+]. The molecule has 1 aliphatic rings. The molecule has 1 fully saturated rings. The van der Waals surface area contributed by atoms with Crippen molar-refractivity contribution in [3.63, 3.8) is 0 Å². The second-order valence-corrected chi connectivity index (χ2v) is 3.11. The molecule has 14 heavy (non-hydrogen) atoms. The first-order valence-electron chi connectivity index (χ1n) is 4.03. The van der Waals surface area contributed by atoms with Gasteiger partial charge >= 0.3 is 51.4 Å². The van der Waals surface area contributed by atoms with E-state index in [1.54, 1.807) is 12.3 Å². The molecule has 0 unspecified atom stereocenters. The number of nitrogens with two attached hydrogens (primary N) is 1. The van der Waals surface area contributed by atoms with Gasteiger partial charge in [-0.2, -0.15) is 0 Å². The average molecular weight is 216 g/mol. The summed E-state index contributed by atoms with van der Waals surface area (Å²) in [5.41, 5.74) is 6.67. The number of rotatable bonds is 2. The average Bonchev–Trinajstić information content (AvgIpc) is 2.87. The topological polar surface area (TPSA) is 56.0 Å². The fourth-order valence-corrected chi connectivity index (χ4v) is 1.25. The van der Waals surface area contributed by atoms with Crippen LogP contribution in [0.1, 0.15) is 34.8 Å². The monoisotopic (exact) mass is 216 g/mol. The van der Waals surface area contributed by atoms with Crippen molar-refractivity contribution in [3.05, 3.63) is 37.0 Å². The predicted octanol–water partition coefficient (Wildman–Crippen LogP) is -1.49. The van der Waals surface area contributed by atoms with Crippen LogP contribution in [0.25, 0.3) is 0 Å². The van der Waals surface area contributed by atoms with Crippen LogP contribution in [0.4, 0.5) is 0 Å². The molecule has 0 saturated heterocycles. The molecule has 1 aliphatic carbocycles. The predicted molar refractivity (Wildman–Crippen MR) is 51.1 cm³/mol. The number of aromatic nitrogens is 1. The summed E-state index contributed by atoms with van der Waals surface area (Å²) in [5, 5.41) is 0. The van der Waals surface area contributed by atoms with E-state index in [-0.39, 0.29) is 58.8 Å². The first kappa shape index (κ1) is 14.3. The Morgan fingerprint density at radius 1 is 1.50 bits per heavy atom. The van der Waals surface area contributed by atoms with Crippen molar-refractivity contribution in [1.29, 1.82) is 0 Å². The summed E-state index contributed by atoms with van der Waals surface area (Å²) in [7, 11) is 0. The molecule has 0 aliphatic heterocycles. The Kier molecular flexibility index (Phi) is 6.08. The van der Waals surface area contributed by atoms with Gasteiger partial charge in [-0.3, -0.25) is 9.78 Å². The number of hydrogen-bond acceptors (Lipinski definition) is 2. The fraction of sp³-hybridized carbons (Fsp3) is 0.300. The van der Waals surface area contributed by atoms with E-state index in [2.05, 4.69) is 4.98 Å². The number of carbonyl (C=O) groups excluding carboxylic acids is 1. The zero-order valence-corrected chi connectivity index (χ0v) is 11.8. The summed E-state index contributed by atoms with van der Waals surface area (Å²) in [6.07, 6.45) is 4.10. The van der Waals surface area contributed by atoms with Gasteiger partial charge in [0.1, 0.15) is 5.69 Å². The maximum absolute atomic E-state index is 10.8. The van der Waals surface area contributed by atoms with Gasteiger partial charge in [-0.25, -0.2) is 0 Å². The Morgan fingerprint density at radius 2 is 2.14 bits per heavy atom. The maximum Gasteiger partial charge on any atom is 1.00 e. The molecule has 1 saturated carbocycles. The molecule has 0 bridgehead atoms. The standard InChI is InChI=1S/C9H10N2O.CH3.K/c10-9(12)8-5-7(3-4-11-8)6-1-2-6;;/h3-6H,1-2H2,(H2,10,12);1H3;/q;-1;+1. The normalized spacial score (nSPS) is 13.7. The van der Waals surface area contributed by atoms with Gasteiger partial charge in [-0.1, -0.05) is 0 Å². The number of pyridine rings is 1. The summed E-state index contributed by atoms with van der Waals surface area (Å²) in [6.45, 7) is 0. The third kappa shape index (κ3) is 3.44. The summed E-state index contributed by atoms with van der Waals surface area (Å²) >= 11 is 0. The Hall–Kier alpha value is 0.256. The van der Waals surface area contributed by atoms with Gasteiger partial charge in [0.2, 0.25) is 0 Å². The Labute approximate surface area is 127 Å². The van der Waals surface area contributed by atoms with Crippen molar-refractivity contribution < 1.29 is 56.2 Å². The van der Waals surface area contributed by atoms with Gasteiger partial charge in [0, 0.05) is 6.20 Å². The smallest absolute Gasteiger partial charge is 0.364 e. The van der Waals surface area contributed by atoms with Crippen LogP contribution in [-0.4, -0.2) is 10.9 Å². The van der Waals surface area contributed by atoms with Gasteiger partial charge in [0.15, 0.2) is 0 Å². The number of hydrogen-bond donors (Lipinski definition) is 1. The van der Waals surface area contributed by atoms with Crippen LogP contribution < -0.4 is 57.1 Å². The van der Waals surface area contributed by atoms with Crippen molar-refractivity contribution in [2.24, 2.45) is 5.73 Å². The van der Waals surface area contributed by atoms with Crippen LogP contribution in [0.2, 0.25) is 0 Å². The molecule has 1 aromatic rings. The molecule has 0 aromatic carbocycles. The van der Waals surface area contributed by atoms with Gasteiger partial charge in [0.05, 0.1) is 0 Å². The van der Waals surface area contributed by atoms with E-state index >= 15 is 0 Å². The molecule has 2 rings (SSSR count). The van der Waals surface area contributed by atoms with Gasteiger partial charge in [0.25, 0.3) is 5.91 Å². The number of amides is 1. The molecular formula is C10H13KN2O. The van der Waals surface area contributed by atoms with E-state index < -0.39 is 5.91 Å². The Morgan fingerprint density at radius 3 is 2.64 bits per heavy atom. The minimum atomic E-state index is -0.447.